The standard InChI is InChI=1S/C17H13NO/c1-12-10-13(11-19)7-8-15(12)16-6-2-4-14-5-3-9-18-17(14)16/h2-11H,1H3. The van der Waals surface area contributed by atoms with E-state index in [1.165, 1.54) is 0 Å². The summed E-state index contributed by atoms with van der Waals surface area (Å²) in [4.78, 5) is 15.3. The summed E-state index contributed by atoms with van der Waals surface area (Å²) in [5.41, 5.74) is 5.01. The molecule has 0 unspecified atom stereocenters. The molecule has 3 aromatic rings. The van der Waals surface area contributed by atoms with Crippen molar-refractivity contribution in [2.24, 2.45) is 0 Å². The van der Waals surface area contributed by atoms with E-state index < -0.39 is 0 Å². The van der Waals surface area contributed by atoms with Crippen LogP contribution in [0.4, 0.5) is 0 Å². The summed E-state index contributed by atoms with van der Waals surface area (Å²) in [6.07, 6.45) is 2.68. The van der Waals surface area contributed by atoms with E-state index in [2.05, 4.69) is 23.2 Å². The zero-order valence-electron chi connectivity index (χ0n) is 10.6. The number of benzene rings is 2. The summed E-state index contributed by atoms with van der Waals surface area (Å²) in [6, 6.07) is 15.9. The van der Waals surface area contributed by atoms with E-state index in [-0.39, 0.29) is 0 Å². The summed E-state index contributed by atoms with van der Waals surface area (Å²) in [7, 11) is 0. The molecule has 0 aliphatic rings. The van der Waals surface area contributed by atoms with Crippen LogP contribution in [0, 0.1) is 6.92 Å². The van der Waals surface area contributed by atoms with Gasteiger partial charge in [-0.15, -0.1) is 0 Å². The van der Waals surface area contributed by atoms with E-state index >= 15 is 0 Å². The molecule has 2 aromatic carbocycles. The number of pyridine rings is 1. The van der Waals surface area contributed by atoms with Crippen LogP contribution in [0.2, 0.25) is 0 Å². The topological polar surface area (TPSA) is 30.0 Å². The Bertz CT molecular complexity index is 757. The van der Waals surface area contributed by atoms with Crippen LogP contribution in [0.5, 0.6) is 0 Å². The first-order valence-corrected chi connectivity index (χ1v) is 6.19. The van der Waals surface area contributed by atoms with Crippen LogP contribution in [-0.2, 0) is 0 Å². The molecule has 0 aliphatic heterocycles. The Morgan fingerprint density at radius 2 is 1.84 bits per heavy atom. The van der Waals surface area contributed by atoms with Crippen LogP contribution in [0.1, 0.15) is 15.9 Å². The molecule has 19 heavy (non-hydrogen) atoms. The van der Waals surface area contributed by atoms with Crippen molar-refractivity contribution in [2.45, 2.75) is 6.92 Å². The van der Waals surface area contributed by atoms with Gasteiger partial charge in [0.1, 0.15) is 6.29 Å². The first kappa shape index (κ1) is 11.6. The van der Waals surface area contributed by atoms with Gasteiger partial charge in [-0.25, -0.2) is 0 Å². The van der Waals surface area contributed by atoms with Crippen LogP contribution in [0.15, 0.2) is 54.7 Å². The lowest BCUT2D eigenvalue weighted by molar-refractivity contribution is 0.112. The molecule has 0 aliphatic carbocycles. The van der Waals surface area contributed by atoms with Gasteiger partial charge in [-0.3, -0.25) is 9.78 Å². The highest BCUT2D eigenvalue weighted by Gasteiger charge is 2.07. The number of rotatable bonds is 2. The van der Waals surface area contributed by atoms with Gasteiger partial charge in [-0.05, 0) is 30.2 Å². The Balaban J connectivity index is 2.27. The number of hydrogen-bond acceptors (Lipinski definition) is 2. The maximum absolute atomic E-state index is 10.8. The molecule has 0 saturated carbocycles. The molecule has 0 amide bonds. The minimum absolute atomic E-state index is 0.703. The highest BCUT2D eigenvalue weighted by molar-refractivity contribution is 5.94. The molecule has 92 valence electrons. The van der Waals surface area contributed by atoms with E-state index in [1.54, 1.807) is 6.20 Å². The van der Waals surface area contributed by atoms with Crippen LogP contribution in [0.25, 0.3) is 22.0 Å². The average Bonchev–Trinajstić information content (AvgIpc) is 2.46. The van der Waals surface area contributed by atoms with Crippen molar-refractivity contribution in [1.29, 1.82) is 0 Å². The van der Waals surface area contributed by atoms with Gasteiger partial charge in [0.15, 0.2) is 0 Å². The van der Waals surface area contributed by atoms with Gasteiger partial charge in [-0.1, -0.05) is 36.4 Å². The number of nitrogens with zero attached hydrogens (tertiary/aromatic N) is 1. The third kappa shape index (κ3) is 2.02. The fourth-order valence-electron chi connectivity index (χ4n) is 2.38. The fraction of sp³-hybridized carbons (Fsp3) is 0.0588. The minimum atomic E-state index is 0.703. The van der Waals surface area contributed by atoms with Crippen LogP contribution < -0.4 is 0 Å². The summed E-state index contributed by atoms with van der Waals surface area (Å²) >= 11 is 0. The second-order valence-electron chi connectivity index (χ2n) is 4.57. The Morgan fingerprint density at radius 1 is 1.00 bits per heavy atom. The molecule has 2 nitrogen and oxygen atoms in total. The Labute approximate surface area is 111 Å². The fourth-order valence-corrected chi connectivity index (χ4v) is 2.38. The lowest BCUT2D eigenvalue weighted by Gasteiger charge is -2.09. The molecule has 0 saturated heterocycles. The molecule has 3 rings (SSSR count). The highest BCUT2D eigenvalue weighted by atomic mass is 16.1. The van der Waals surface area contributed by atoms with Gasteiger partial charge >= 0.3 is 0 Å². The predicted molar refractivity (Wildman–Crippen MR) is 77.3 cm³/mol. The molecule has 0 radical (unpaired) electrons. The smallest absolute Gasteiger partial charge is 0.150 e. The van der Waals surface area contributed by atoms with Crippen LogP contribution in [-0.4, -0.2) is 11.3 Å². The molecule has 0 atom stereocenters. The highest BCUT2D eigenvalue weighted by Crippen LogP contribution is 2.29. The lowest BCUT2D eigenvalue weighted by atomic mass is 9.96. The molecule has 0 N–H and O–H groups in total. The van der Waals surface area contributed by atoms with Crippen molar-refractivity contribution in [3.63, 3.8) is 0 Å². The SMILES string of the molecule is Cc1cc(C=O)ccc1-c1cccc2cccnc12. The summed E-state index contributed by atoms with van der Waals surface area (Å²) in [5.74, 6) is 0. The first-order chi connectivity index (χ1) is 9.29. The van der Waals surface area contributed by atoms with Gasteiger partial charge in [0.05, 0.1) is 5.52 Å². The quantitative estimate of drug-likeness (QED) is 0.640. The van der Waals surface area contributed by atoms with Gasteiger partial charge in [0.25, 0.3) is 0 Å². The summed E-state index contributed by atoms with van der Waals surface area (Å²) in [5, 5.41) is 1.12. The Kier molecular flexibility index (Phi) is 2.84. The number of para-hydroxylation sites is 1. The van der Waals surface area contributed by atoms with E-state index in [0.717, 1.165) is 33.9 Å². The van der Waals surface area contributed by atoms with E-state index in [4.69, 9.17) is 0 Å². The van der Waals surface area contributed by atoms with Crippen molar-refractivity contribution < 1.29 is 4.79 Å². The maximum atomic E-state index is 10.8. The number of aryl methyl sites for hydroxylation is 1. The number of carbonyl (C=O) groups excluding carboxylic acids is 1. The molecule has 1 heterocycles. The normalized spacial score (nSPS) is 10.6. The lowest BCUT2D eigenvalue weighted by Crippen LogP contribution is -1.89. The van der Waals surface area contributed by atoms with Crippen molar-refractivity contribution in [3.05, 3.63) is 65.9 Å². The maximum Gasteiger partial charge on any atom is 0.150 e. The number of fused-ring (bicyclic) bond motifs is 1. The largest absolute Gasteiger partial charge is 0.298 e. The second kappa shape index (κ2) is 4.65. The molecule has 0 bridgehead atoms. The van der Waals surface area contributed by atoms with E-state index in [9.17, 15) is 4.79 Å². The first-order valence-electron chi connectivity index (χ1n) is 6.19. The molecule has 0 fully saturated rings. The van der Waals surface area contributed by atoms with Gasteiger partial charge in [0.2, 0.25) is 0 Å². The third-order valence-corrected chi connectivity index (χ3v) is 3.31. The zero-order chi connectivity index (χ0) is 13.2. The monoisotopic (exact) mass is 247 g/mol. The minimum Gasteiger partial charge on any atom is -0.298 e. The average molecular weight is 247 g/mol. The molecule has 1 aromatic heterocycles. The third-order valence-electron chi connectivity index (χ3n) is 3.31. The molecule has 0 spiro atoms. The summed E-state index contributed by atoms with van der Waals surface area (Å²) < 4.78 is 0. The predicted octanol–water partition coefficient (Wildman–Crippen LogP) is 4.02. The van der Waals surface area contributed by atoms with E-state index in [0.29, 0.717) is 5.56 Å². The zero-order valence-corrected chi connectivity index (χ0v) is 10.6. The van der Waals surface area contributed by atoms with Gasteiger partial charge in [-0.2, -0.15) is 0 Å². The van der Waals surface area contributed by atoms with E-state index in [1.807, 2.05) is 37.3 Å². The van der Waals surface area contributed by atoms with Gasteiger partial charge < -0.3 is 0 Å². The molecule has 2 heteroatoms. The van der Waals surface area contributed by atoms with Crippen molar-refractivity contribution in [3.8, 4) is 11.1 Å². The summed E-state index contributed by atoms with van der Waals surface area (Å²) in [6.45, 7) is 2.02. The molecular weight excluding hydrogens is 234 g/mol. The molecular formula is C17H13NO. The Morgan fingerprint density at radius 3 is 2.63 bits per heavy atom. The van der Waals surface area contributed by atoms with Crippen molar-refractivity contribution in [2.75, 3.05) is 0 Å². The number of hydrogen-bond donors (Lipinski definition) is 0. The Hall–Kier alpha value is -2.48. The second-order valence-corrected chi connectivity index (χ2v) is 4.57. The van der Waals surface area contributed by atoms with Crippen LogP contribution >= 0.6 is 0 Å². The number of carbonyl (C=O) groups is 1. The van der Waals surface area contributed by atoms with Crippen molar-refractivity contribution in [1.82, 2.24) is 4.98 Å². The van der Waals surface area contributed by atoms with Crippen molar-refractivity contribution >= 4 is 17.2 Å². The van der Waals surface area contributed by atoms with Crippen LogP contribution in [0.3, 0.4) is 0 Å². The number of aromatic nitrogens is 1. The number of aldehydes is 1. The van der Waals surface area contributed by atoms with Gasteiger partial charge in [0, 0.05) is 22.7 Å².